The highest BCUT2D eigenvalue weighted by atomic mass is 19.1. The van der Waals surface area contributed by atoms with E-state index in [4.69, 9.17) is 4.74 Å². The Bertz CT molecular complexity index is 591. The molecule has 3 atom stereocenters. The topological polar surface area (TPSA) is 55.4 Å². The number of carbonyl (C=O) groups excluding carboxylic acids is 2. The highest BCUT2D eigenvalue weighted by Gasteiger charge is 2.28. The number of esters is 1. The van der Waals surface area contributed by atoms with Crippen LogP contribution in [0.15, 0.2) is 18.2 Å². The molecule has 4 nitrogen and oxygen atoms in total. The largest absolute Gasteiger partial charge is 0.452 e. The van der Waals surface area contributed by atoms with Crippen molar-refractivity contribution in [1.29, 1.82) is 0 Å². The molecule has 0 saturated heterocycles. The molecule has 2 rings (SSSR count). The Morgan fingerprint density at radius 3 is 2.70 bits per heavy atom. The van der Waals surface area contributed by atoms with Crippen molar-refractivity contribution < 1.29 is 23.1 Å². The van der Waals surface area contributed by atoms with Gasteiger partial charge in [0.15, 0.2) is 6.61 Å². The summed E-state index contributed by atoms with van der Waals surface area (Å²) in [7, 11) is 0. The van der Waals surface area contributed by atoms with E-state index in [1.165, 1.54) is 0 Å². The first-order chi connectivity index (χ1) is 10.9. The third-order valence-electron chi connectivity index (χ3n) is 4.54. The van der Waals surface area contributed by atoms with Crippen LogP contribution in [0.4, 0.5) is 8.78 Å². The number of rotatable bonds is 4. The van der Waals surface area contributed by atoms with Crippen LogP contribution in [-0.4, -0.2) is 24.5 Å². The van der Waals surface area contributed by atoms with Gasteiger partial charge in [-0.15, -0.1) is 0 Å². The third kappa shape index (κ3) is 4.50. The zero-order valence-corrected chi connectivity index (χ0v) is 13.3. The fourth-order valence-corrected chi connectivity index (χ4v) is 2.90. The quantitative estimate of drug-likeness (QED) is 0.866. The van der Waals surface area contributed by atoms with Gasteiger partial charge in [-0.05, 0) is 30.4 Å². The number of ether oxygens (including phenoxy) is 1. The van der Waals surface area contributed by atoms with Crippen molar-refractivity contribution in [3.05, 3.63) is 35.4 Å². The van der Waals surface area contributed by atoms with E-state index in [1.807, 2.05) is 0 Å². The molecule has 1 fully saturated rings. The van der Waals surface area contributed by atoms with Gasteiger partial charge in [0.05, 0.1) is 5.56 Å². The third-order valence-corrected chi connectivity index (χ3v) is 4.54. The highest BCUT2D eigenvalue weighted by Crippen LogP contribution is 2.29. The van der Waals surface area contributed by atoms with E-state index in [9.17, 15) is 18.4 Å². The van der Waals surface area contributed by atoms with Crippen LogP contribution in [-0.2, 0) is 9.53 Å². The molecule has 0 radical (unpaired) electrons. The maximum Gasteiger partial charge on any atom is 0.341 e. The molecule has 6 heteroatoms. The minimum Gasteiger partial charge on any atom is -0.452 e. The zero-order chi connectivity index (χ0) is 17.0. The Labute approximate surface area is 134 Å². The Kier molecular flexibility index (Phi) is 5.69. The SMILES string of the molecule is C[C@@H]1[C@H](C)CCC[C@@H]1NC(=O)COC(=O)c1ccc(F)cc1F. The van der Waals surface area contributed by atoms with Gasteiger partial charge in [-0.2, -0.15) is 0 Å². The molecule has 0 bridgehead atoms. The second-order valence-corrected chi connectivity index (χ2v) is 6.14. The zero-order valence-electron chi connectivity index (χ0n) is 13.3. The molecular weight excluding hydrogens is 304 g/mol. The van der Waals surface area contributed by atoms with Crippen LogP contribution in [0.2, 0.25) is 0 Å². The summed E-state index contributed by atoms with van der Waals surface area (Å²) >= 11 is 0. The number of benzene rings is 1. The maximum atomic E-state index is 13.5. The van der Waals surface area contributed by atoms with Gasteiger partial charge in [0.25, 0.3) is 5.91 Å². The molecule has 1 aliphatic carbocycles. The minimum absolute atomic E-state index is 0.0625. The molecule has 1 amide bonds. The number of hydrogen-bond donors (Lipinski definition) is 1. The van der Waals surface area contributed by atoms with E-state index in [0.29, 0.717) is 17.9 Å². The normalized spacial score (nSPS) is 24.1. The summed E-state index contributed by atoms with van der Waals surface area (Å²) in [6.07, 6.45) is 3.10. The Morgan fingerprint density at radius 2 is 2.00 bits per heavy atom. The lowest BCUT2D eigenvalue weighted by atomic mass is 9.78. The lowest BCUT2D eigenvalue weighted by Gasteiger charge is -2.34. The van der Waals surface area contributed by atoms with Crippen molar-refractivity contribution in [3.8, 4) is 0 Å². The van der Waals surface area contributed by atoms with Crippen LogP contribution in [0.25, 0.3) is 0 Å². The molecule has 1 aliphatic rings. The molecule has 0 aromatic heterocycles. The smallest absolute Gasteiger partial charge is 0.341 e. The van der Waals surface area contributed by atoms with E-state index in [0.717, 1.165) is 31.4 Å². The van der Waals surface area contributed by atoms with E-state index < -0.39 is 30.1 Å². The van der Waals surface area contributed by atoms with E-state index >= 15 is 0 Å². The molecular formula is C17H21F2NO3. The monoisotopic (exact) mass is 325 g/mol. The first kappa shape index (κ1) is 17.4. The van der Waals surface area contributed by atoms with Gasteiger partial charge in [-0.25, -0.2) is 13.6 Å². The molecule has 0 aliphatic heterocycles. The predicted molar refractivity (Wildman–Crippen MR) is 80.8 cm³/mol. The van der Waals surface area contributed by atoms with Crippen molar-refractivity contribution in [1.82, 2.24) is 5.32 Å². The van der Waals surface area contributed by atoms with Crippen molar-refractivity contribution in [2.75, 3.05) is 6.61 Å². The lowest BCUT2D eigenvalue weighted by molar-refractivity contribution is -0.125. The number of carbonyl (C=O) groups is 2. The number of hydrogen-bond acceptors (Lipinski definition) is 3. The van der Waals surface area contributed by atoms with E-state index in [-0.39, 0.29) is 11.6 Å². The van der Waals surface area contributed by atoms with Gasteiger partial charge in [-0.3, -0.25) is 4.79 Å². The first-order valence-electron chi connectivity index (χ1n) is 7.80. The Hall–Kier alpha value is -1.98. The second kappa shape index (κ2) is 7.53. The average molecular weight is 325 g/mol. The summed E-state index contributed by atoms with van der Waals surface area (Å²) in [5.41, 5.74) is -0.390. The molecule has 1 saturated carbocycles. The van der Waals surface area contributed by atoms with Gasteiger partial charge in [0.2, 0.25) is 0 Å². The van der Waals surface area contributed by atoms with Crippen molar-refractivity contribution in [2.24, 2.45) is 11.8 Å². The summed E-state index contributed by atoms with van der Waals surface area (Å²) in [6, 6.07) is 2.62. The molecule has 0 heterocycles. The standard InChI is InChI=1S/C17H21F2NO3/c1-10-4-3-5-15(11(10)2)20-16(21)9-23-17(22)13-7-6-12(18)8-14(13)19/h6-8,10-11,15H,3-5,9H2,1-2H3,(H,20,21)/t10-,11-,15+/m1/s1. The summed E-state index contributed by atoms with van der Waals surface area (Å²) in [6.45, 7) is 3.77. The molecule has 0 spiro atoms. The molecule has 0 unspecified atom stereocenters. The van der Waals surface area contributed by atoms with Gasteiger partial charge in [-0.1, -0.05) is 26.7 Å². The fourth-order valence-electron chi connectivity index (χ4n) is 2.90. The van der Waals surface area contributed by atoms with Gasteiger partial charge < -0.3 is 10.1 Å². The van der Waals surface area contributed by atoms with Gasteiger partial charge in [0.1, 0.15) is 11.6 Å². The fraction of sp³-hybridized carbons (Fsp3) is 0.529. The summed E-state index contributed by atoms with van der Waals surface area (Å²) in [4.78, 5) is 23.6. The minimum atomic E-state index is -1.01. The highest BCUT2D eigenvalue weighted by molar-refractivity contribution is 5.91. The Morgan fingerprint density at radius 1 is 1.26 bits per heavy atom. The summed E-state index contributed by atoms with van der Waals surface area (Å²) in [5, 5.41) is 2.86. The van der Waals surface area contributed by atoms with E-state index in [2.05, 4.69) is 19.2 Å². The number of halogens is 2. The molecule has 1 aromatic rings. The summed E-state index contributed by atoms with van der Waals surface area (Å²) < 4.78 is 31.0. The van der Waals surface area contributed by atoms with Crippen LogP contribution in [0, 0.1) is 23.5 Å². The first-order valence-corrected chi connectivity index (χ1v) is 7.80. The molecule has 1 aromatic carbocycles. The Balaban J connectivity index is 1.85. The number of amides is 1. The molecule has 126 valence electrons. The van der Waals surface area contributed by atoms with Crippen molar-refractivity contribution in [3.63, 3.8) is 0 Å². The van der Waals surface area contributed by atoms with Crippen molar-refractivity contribution in [2.45, 2.75) is 39.2 Å². The van der Waals surface area contributed by atoms with Crippen LogP contribution in [0.3, 0.4) is 0 Å². The van der Waals surface area contributed by atoms with Crippen LogP contribution < -0.4 is 5.32 Å². The molecule has 1 N–H and O–H groups in total. The van der Waals surface area contributed by atoms with Gasteiger partial charge >= 0.3 is 5.97 Å². The lowest BCUT2D eigenvalue weighted by Crippen LogP contribution is -2.45. The van der Waals surface area contributed by atoms with Crippen molar-refractivity contribution >= 4 is 11.9 Å². The molecule has 23 heavy (non-hydrogen) atoms. The summed E-state index contributed by atoms with van der Waals surface area (Å²) in [5.74, 6) is -2.29. The average Bonchev–Trinajstić information content (AvgIpc) is 2.49. The number of nitrogens with one attached hydrogen (secondary N) is 1. The van der Waals surface area contributed by atoms with Crippen LogP contribution in [0.5, 0.6) is 0 Å². The van der Waals surface area contributed by atoms with Crippen LogP contribution >= 0.6 is 0 Å². The van der Waals surface area contributed by atoms with Gasteiger partial charge in [0, 0.05) is 12.1 Å². The predicted octanol–water partition coefficient (Wildman–Crippen LogP) is 3.06. The maximum absolute atomic E-state index is 13.5. The van der Waals surface area contributed by atoms with E-state index in [1.54, 1.807) is 0 Å². The second-order valence-electron chi connectivity index (χ2n) is 6.14. The van der Waals surface area contributed by atoms with Crippen LogP contribution in [0.1, 0.15) is 43.5 Å².